The largest absolute Gasteiger partial charge is 0.444 e. The van der Waals surface area contributed by atoms with Gasteiger partial charge in [-0.1, -0.05) is 6.92 Å². The Labute approximate surface area is 186 Å². The molecule has 0 aromatic carbocycles. The van der Waals surface area contributed by atoms with Crippen molar-refractivity contribution in [2.75, 3.05) is 23.3 Å². The van der Waals surface area contributed by atoms with Crippen LogP contribution in [0.15, 0.2) is 47.5 Å². The molecule has 4 aromatic heterocycles. The molecule has 0 atom stereocenters. The van der Waals surface area contributed by atoms with E-state index in [1.54, 1.807) is 6.20 Å². The number of hydrogen-bond donors (Lipinski definition) is 1. The lowest BCUT2D eigenvalue weighted by Crippen LogP contribution is -2.30. The zero-order valence-corrected chi connectivity index (χ0v) is 18.3. The van der Waals surface area contributed by atoms with Crippen molar-refractivity contribution in [2.45, 2.75) is 39.5 Å². The second-order valence-corrected chi connectivity index (χ2v) is 8.15. The van der Waals surface area contributed by atoms with Crippen LogP contribution in [-0.4, -0.2) is 38.3 Å². The van der Waals surface area contributed by atoms with Gasteiger partial charge >= 0.3 is 0 Å². The number of aromatic nitrogens is 4. The molecule has 8 heteroatoms. The lowest BCUT2D eigenvalue weighted by atomic mass is 10.1. The highest BCUT2D eigenvalue weighted by Gasteiger charge is 2.20. The number of anilines is 2. The summed E-state index contributed by atoms with van der Waals surface area (Å²) in [5.41, 5.74) is 5.53. The number of carbonyl (C=O) groups excluding carboxylic acids is 1. The minimum Gasteiger partial charge on any atom is -0.444 e. The van der Waals surface area contributed by atoms with E-state index < -0.39 is 0 Å². The van der Waals surface area contributed by atoms with Crippen LogP contribution in [0.3, 0.4) is 0 Å². The third-order valence-electron chi connectivity index (χ3n) is 5.81. The molecule has 0 aliphatic carbocycles. The maximum atomic E-state index is 13.1. The highest BCUT2D eigenvalue weighted by atomic mass is 16.3. The van der Waals surface area contributed by atoms with E-state index in [2.05, 4.69) is 33.2 Å². The van der Waals surface area contributed by atoms with Gasteiger partial charge in [-0.2, -0.15) is 0 Å². The van der Waals surface area contributed by atoms with E-state index in [9.17, 15) is 4.79 Å². The number of fused-ring (bicyclic) bond motifs is 1. The van der Waals surface area contributed by atoms with Gasteiger partial charge in [0.1, 0.15) is 11.9 Å². The summed E-state index contributed by atoms with van der Waals surface area (Å²) in [4.78, 5) is 28.7. The van der Waals surface area contributed by atoms with Crippen LogP contribution >= 0.6 is 0 Å². The van der Waals surface area contributed by atoms with Crippen LogP contribution in [0.1, 0.15) is 48.1 Å². The minimum absolute atomic E-state index is 0.235. The predicted molar refractivity (Wildman–Crippen MR) is 123 cm³/mol. The van der Waals surface area contributed by atoms with Crippen molar-refractivity contribution in [2.24, 2.45) is 0 Å². The molecule has 0 bridgehead atoms. The fraction of sp³-hybridized carbons (Fsp3) is 0.333. The fourth-order valence-electron chi connectivity index (χ4n) is 4.11. The molecule has 8 nitrogen and oxygen atoms in total. The molecule has 5 rings (SSSR count). The molecule has 0 saturated carbocycles. The molecule has 0 radical (unpaired) electrons. The van der Waals surface area contributed by atoms with Crippen LogP contribution < -0.4 is 10.2 Å². The number of hydrogen-bond acceptors (Lipinski definition) is 6. The van der Waals surface area contributed by atoms with Gasteiger partial charge in [0.05, 0.1) is 17.1 Å². The van der Waals surface area contributed by atoms with Gasteiger partial charge in [0.2, 0.25) is 5.89 Å². The van der Waals surface area contributed by atoms with Crippen molar-refractivity contribution < 1.29 is 9.21 Å². The lowest BCUT2D eigenvalue weighted by molar-refractivity contribution is 0.102. The third kappa shape index (κ3) is 3.95. The number of carbonyl (C=O) groups is 1. The van der Waals surface area contributed by atoms with Crippen molar-refractivity contribution in [1.82, 2.24) is 19.4 Å². The smallest absolute Gasteiger partial charge is 0.277 e. The van der Waals surface area contributed by atoms with Crippen molar-refractivity contribution in [1.29, 1.82) is 0 Å². The standard InChI is InChI=1S/C24H26N6O2/c1-3-18-13-30-14-19(21(12-22(30)26-18)29-9-5-4-6-10-29)27-23(31)20-15-32-24(28-20)17-7-8-25-16(2)11-17/h7-8,11-15H,3-6,9-10H2,1-2H3,(H,27,31). The summed E-state index contributed by atoms with van der Waals surface area (Å²) in [5.74, 6) is 0.0915. The molecule has 5 heterocycles. The second kappa shape index (κ2) is 8.45. The zero-order chi connectivity index (χ0) is 22.1. The molecule has 1 aliphatic rings. The Kier molecular flexibility index (Phi) is 5.34. The third-order valence-corrected chi connectivity index (χ3v) is 5.81. The maximum Gasteiger partial charge on any atom is 0.277 e. The minimum atomic E-state index is -0.306. The van der Waals surface area contributed by atoms with E-state index in [0.29, 0.717) is 5.89 Å². The zero-order valence-electron chi connectivity index (χ0n) is 18.3. The molecule has 1 saturated heterocycles. The average Bonchev–Trinajstić information content (AvgIpc) is 3.46. The molecule has 1 amide bonds. The van der Waals surface area contributed by atoms with Crippen LogP contribution in [0.5, 0.6) is 0 Å². The number of amides is 1. The number of nitrogens with one attached hydrogen (secondary N) is 1. The summed E-state index contributed by atoms with van der Waals surface area (Å²) in [7, 11) is 0. The predicted octanol–water partition coefficient (Wildman–Crippen LogP) is 4.50. The van der Waals surface area contributed by atoms with Gasteiger partial charge in [-0.05, 0) is 44.7 Å². The molecule has 32 heavy (non-hydrogen) atoms. The van der Waals surface area contributed by atoms with Crippen molar-refractivity contribution in [3.63, 3.8) is 0 Å². The Morgan fingerprint density at radius 3 is 2.78 bits per heavy atom. The van der Waals surface area contributed by atoms with Gasteiger partial charge in [0.25, 0.3) is 5.91 Å². The monoisotopic (exact) mass is 430 g/mol. The molecule has 164 valence electrons. The van der Waals surface area contributed by atoms with Crippen molar-refractivity contribution in [3.05, 3.63) is 60.1 Å². The Balaban J connectivity index is 1.46. The van der Waals surface area contributed by atoms with E-state index in [1.807, 2.05) is 35.9 Å². The highest BCUT2D eigenvalue weighted by molar-refractivity contribution is 6.04. The molecular formula is C24H26N6O2. The lowest BCUT2D eigenvalue weighted by Gasteiger charge is -2.30. The average molecular weight is 431 g/mol. The number of aryl methyl sites for hydroxylation is 2. The molecule has 1 fully saturated rings. The molecule has 4 aromatic rings. The Hall–Kier alpha value is -3.68. The van der Waals surface area contributed by atoms with Gasteiger partial charge in [-0.25, -0.2) is 9.97 Å². The summed E-state index contributed by atoms with van der Waals surface area (Å²) in [6, 6.07) is 5.75. The Bertz CT molecular complexity index is 1270. The number of rotatable bonds is 5. The van der Waals surface area contributed by atoms with Crippen LogP contribution in [0.25, 0.3) is 17.1 Å². The highest BCUT2D eigenvalue weighted by Crippen LogP contribution is 2.31. The Morgan fingerprint density at radius 1 is 1.16 bits per heavy atom. The number of imidazole rings is 1. The van der Waals surface area contributed by atoms with Gasteiger partial charge in [0.15, 0.2) is 5.69 Å². The SMILES string of the molecule is CCc1cn2cc(NC(=O)c3coc(-c4ccnc(C)c4)n3)c(N3CCCCC3)cc2n1. The first-order valence-corrected chi connectivity index (χ1v) is 11.1. The van der Waals surface area contributed by atoms with E-state index in [0.717, 1.165) is 66.3 Å². The molecular weight excluding hydrogens is 404 g/mol. The van der Waals surface area contributed by atoms with E-state index >= 15 is 0 Å². The Morgan fingerprint density at radius 2 is 2.00 bits per heavy atom. The quantitative estimate of drug-likeness (QED) is 0.502. The van der Waals surface area contributed by atoms with Crippen molar-refractivity contribution in [3.8, 4) is 11.5 Å². The van der Waals surface area contributed by atoms with Crippen LogP contribution in [0.2, 0.25) is 0 Å². The van der Waals surface area contributed by atoms with Crippen LogP contribution in [0, 0.1) is 6.92 Å². The van der Waals surface area contributed by atoms with Crippen molar-refractivity contribution >= 4 is 22.9 Å². The van der Waals surface area contributed by atoms with Gasteiger partial charge in [0, 0.05) is 49.0 Å². The fourth-order valence-corrected chi connectivity index (χ4v) is 4.11. The topological polar surface area (TPSA) is 88.6 Å². The summed E-state index contributed by atoms with van der Waals surface area (Å²) in [5, 5.41) is 3.06. The summed E-state index contributed by atoms with van der Waals surface area (Å²) in [6.45, 7) is 5.92. The van der Waals surface area contributed by atoms with Gasteiger partial charge in [-0.3, -0.25) is 9.78 Å². The van der Waals surface area contributed by atoms with Gasteiger partial charge < -0.3 is 19.0 Å². The van der Waals surface area contributed by atoms with E-state index in [4.69, 9.17) is 9.40 Å². The summed E-state index contributed by atoms with van der Waals surface area (Å²) >= 11 is 0. The molecule has 1 N–H and O–H groups in total. The van der Waals surface area contributed by atoms with Gasteiger partial charge in [-0.15, -0.1) is 0 Å². The number of piperidine rings is 1. The number of nitrogens with zero attached hydrogens (tertiary/aromatic N) is 5. The first-order valence-electron chi connectivity index (χ1n) is 11.1. The van der Waals surface area contributed by atoms with Crippen LogP contribution in [-0.2, 0) is 6.42 Å². The molecule has 0 spiro atoms. The number of oxazole rings is 1. The van der Waals surface area contributed by atoms with E-state index in [-0.39, 0.29) is 11.6 Å². The number of pyridine rings is 2. The summed E-state index contributed by atoms with van der Waals surface area (Å²) in [6.07, 6.45) is 11.4. The van der Waals surface area contributed by atoms with E-state index in [1.165, 1.54) is 12.7 Å². The summed E-state index contributed by atoms with van der Waals surface area (Å²) < 4.78 is 7.54. The first-order chi connectivity index (χ1) is 15.6. The normalized spacial score (nSPS) is 14.1. The molecule has 0 unspecified atom stereocenters. The second-order valence-electron chi connectivity index (χ2n) is 8.15. The maximum absolute atomic E-state index is 13.1. The molecule has 1 aliphatic heterocycles. The first kappa shape index (κ1) is 20.2. The van der Waals surface area contributed by atoms with Crippen LogP contribution in [0.4, 0.5) is 11.4 Å².